The van der Waals surface area contributed by atoms with Gasteiger partial charge in [0, 0.05) is 0 Å². The van der Waals surface area contributed by atoms with Gasteiger partial charge in [0.2, 0.25) is 0 Å². The molecule has 0 unspecified atom stereocenters. The third-order valence-corrected chi connectivity index (χ3v) is 0.816. The Labute approximate surface area is 98.5 Å². The summed E-state index contributed by atoms with van der Waals surface area (Å²) in [7, 11) is 0. The SMILES string of the molecule is C1CO1.C1CO1.C1CO1.C1CO1.C=C(C)C. The van der Waals surface area contributed by atoms with Gasteiger partial charge in [-0.2, -0.15) is 0 Å². The van der Waals surface area contributed by atoms with Crippen molar-refractivity contribution in [1.82, 2.24) is 0 Å². The third-order valence-electron chi connectivity index (χ3n) is 0.816. The van der Waals surface area contributed by atoms with Crippen LogP contribution in [-0.2, 0) is 18.9 Å². The van der Waals surface area contributed by atoms with Gasteiger partial charge in [0.25, 0.3) is 0 Å². The van der Waals surface area contributed by atoms with Gasteiger partial charge in [-0.05, 0) is 13.8 Å². The Hall–Kier alpha value is -0.420. The molecule has 16 heavy (non-hydrogen) atoms. The Morgan fingerprint density at radius 2 is 0.688 bits per heavy atom. The molecule has 0 atom stereocenters. The van der Waals surface area contributed by atoms with Crippen LogP contribution in [-0.4, -0.2) is 52.9 Å². The quantitative estimate of drug-likeness (QED) is 0.470. The lowest BCUT2D eigenvalue weighted by molar-refractivity contribution is 0.475. The van der Waals surface area contributed by atoms with E-state index in [2.05, 4.69) is 25.5 Å². The van der Waals surface area contributed by atoms with Gasteiger partial charge in [-0.1, -0.05) is 5.57 Å². The minimum atomic E-state index is 1.00. The molecule has 0 radical (unpaired) electrons. The predicted molar refractivity (Wildman–Crippen MR) is 63.8 cm³/mol. The third kappa shape index (κ3) is 168. The summed E-state index contributed by atoms with van der Waals surface area (Å²) in [5.74, 6) is 0. The Kier molecular flexibility index (Phi) is 12.3. The number of epoxide rings is 4. The normalized spacial score (nSPS) is 19.6. The molecule has 4 heteroatoms. The standard InChI is InChI=1S/C4H8.4C2H4O/c1-4(2)3;4*1-2-3-1/h1H2,2-3H3;4*1-2H2. The largest absolute Gasteiger partial charge is 0.377 e. The molecule has 0 bridgehead atoms. The van der Waals surface area contributed by atoms with Gasteiger partial charge in [-0.15, -0.1) is 6.58 Å². The van der Waals surface area contributed by atoms with E-state index in [4.69, 9.17) is 0 Å². The van der Waals surface area contributed by atoms with Crippen molar-refractivity contribution >= 4 is 0 Å². The van der Waals surface area contributed by atoms with Crippen molar-refractivity contribution in [3.63, 3.8) is 0 Å². The molecule has 0 spiro atoms. The molecule has 0 saturated carbocycles. The number of ether oxygens (including phenoxy) is 4. The maximum atomic E-state index is 4.50. The van der Waals surface area contributed by atoms with Crippen LogP contribution in [0.25, 0.3) is 0 Å². The van der Waals surface area contributed by atoms with Gasteiger partial charge in [0.1, 0.15) is 0 Å². The first-order chi connectivity index (χ1) is 7.73. The number of hydrogen-bond acceptors (Lipinski definition) is 4. The minimum Gasteiger partial charge on any atom is -0.377 e. The van der Waals surface area contributed by atoms with Crippen molar-refractivity contribution in [3.8, 4) is 0 Å². The highest BCUT2D eigenvalue weighted by Gasteiger charge is 1.94. The molecule has 4 fully saturated rings. The molecule has 4 saturated heterocycles. The van der Waals surface area contributed by atoms with Gasteiger partial charge in [0.15, 0.2) is 0 Å². The molecule has 0 aromatic rings. The summed E-state index contributed by atoms with van der Waals surface area (Å²) in [4.78, 5) is 0. The Morgan fingerprint density at radius 1 is 0.625 bits per heavy atom. The molecule has 4 aliphatic heterocycles. The van der Waals surface area contributed by atoms with Gasteiger partial charge in [-0.25, -0.2) is 0 Å². The molecule has 4 nitrogen and oxygen atoms in total. The summed E-state index contributed by atoms with van der Waals surface area (Å²) in [5, 5.41) is 0. The molecule has 96 valence electrons. The van der Waals surface area contributed by atoms with Gasteiger partial charge < -0.3 is 18.9 Å². The highest BCUT2D eigenvalue weighted by molar-refractivity contribution is 4.78. The van der Waals surface area contributed by atoms with E-state index in [1.54, 1.807) is 0 Å². The molecule has 0 N–H and O–H groups in total. The van der Waals surface area contributed by atoms with Crippen LogP contribution in [0.4, 0.5) is 0 Å². The van der Waals surface area contributed by atoms with E-state index in [0.717, 1.165) is 52.9 Å². The first-order valence-electron chi connectivity index (χ1n) is 5.66. The van der Waals surface area contributed by atoms with Crippen LogP contribution in [0.5, 0.6) is 0 Å². The van der Waals surface area contributed by atoms with Crippen LogP contribution in [0.1, 0.15) is 13.8 Å². The molecule has 0 aliphatic carbocycles. The second-order valence-electron chi connectivity index (χ2n) is 3.66. The molecular weight excluding hydrogens is 208 g/mol. The van der Waals surface area contributed by atoms with E-state index in [-0.39, 0.29) is 0 Å². The maximum Gasteiger partial charge on any atom is 0.0701 e. The summed E-state index contributed by atoms with van der Waals surface area (Å²) < 4.78 is 18.0. The first-order valence-corrected chi connectivity index (χ1v) is 5.66. The fraction of sp³-hybridized carbons (Fsp3) is 0.833. The van der Waals surface area contributed by atoms with Crippen molar-refractivity contribution in [2.24, 2.45) is 0 Å². The van der Waals surface area contributed by atoms with E-state index < -0.39 is 0 Å². The molecule has 4 heterocycles. The van der Waals surface area contributed by atoms with E-state index in [0.29, 0.717) is 0 Å². The average Bonchev–Trinajstić information content (AvgIpc) is 3.15. The summed E-state index contributed by atoms with van der Waals surface area (Å²) in [6, 6.07) is 0. The minimum absolute atomic E-state index is 1.00. The number of allylic oxidation sites excluding steroid dienone is 1. The highest BCUT2D eigenvalue weighted by atomic mass is 16.6. The van der Waals surface area contributed by atoms with Crippen molar-refractivity contribution in [1.29, 1.82) is 0 Å². The predicted octanol–water partition coefficient (Wildman–Crippen LogP) is 1.65. The van der Waals surface area contributed by atoms with Gasteiger partial charge in [-0.3, -0.25) is 0 Å². The molecule has 4 aliphatic rings. The fourth-order valence-corrected chi connectivity index (χ4v) is 0. The monoisotopic (exact) mass is 232 g/mol. The van der Waals surface area contributed by atoms with E-state index in [1.165, 1.54) is 5.57 Å². The second kappa shape index (κ2) is 12.6. The van der Waals surface area contributed by atoms with Crippen LogP contribution in [0.3, 0.4) is 0 Å². The number of hydrogen-bond donors (Lipinski definition) is 0. The van der Waals surface area contributed by atoms with Crippen molar-refractivity contribution in [2.45, 2.75) is 13.8 Å². The summed E-state index contributed by atoms with van der Waals surface area (Å²) >= 11 is 0. The van der Waals surface area contributed by atoms with E-state index in [1.807, 2.05) is 13.8 Å². The maximum absolute atomic E-state index is 4.50. The Bertz CT molecular complexity index is 112. The zero-order valence-corrected chi connectivity index (χ0v) is 10.5. The average molecular weight is 232 g/mol. The molecule has 4 rings (SSSR count). The van der Waals surface area contributed by atoms with Crippen LogP contribution >= 0.6 is 0 Å². The topological polar surface area (TPSA) is 50.1 Å². The van der Waals surface area contributed by atoms with Crippen molar-refractivity contribution < 1.29 is 18.9 Å². The summed E-state index contributed by atoms with van der Waals surface area (Å²) in [6.07, 6.45) is 0. The van der Waals surface area contributed by atoms with Gasteiger partial charge in [0.05, 0.1) is 52.9 Å². The van der Waals surface area contributed by atoms with Crippen molar-refractivity contribution in [2.75, 3.05) is 52.9 Å². The van der Waals surface area contributed by atoms with Crippen molar-refractivity contribution in [3.05, 3.63) is 12.2 Å². The lowest BCUT2D eigenvalue weighted by Gasteiger charge is -1.65. The van der Waals surface area contributed by atoms with E-state index >= 15 is 0 Å². The number of rotatable bonds is 0. The zero-order chi connectivity index (χ0) is 12.1. The fourth-order valence-electron chi connectivity index (χ4n) is 0. The zero-order valence-electron chi connectivity index (χ0n) is 10.5. The lowest BCUT2D eigenvalue weighted by atomic mass is 10.4. The van der Waals surface area contributed by atoms with Crippen LogP contribution in [0.2, 0.25) is 0 Å². The summed E-state index contributed by atoms with van der Waals surface area (Å²) in [5.41, 5.74) is 1.17. The Balaban J connectivity index is 0.000000176. The second-order valence-corrected chi connectivity index (χ2v) is 3.66. The van der Waals surface area contributed by atoms with Crippen LogP contribution in [0, 0.1) is 0 Å². The smallest absolute Gasteiger partial charge is 0.0701 e. The van der Waals surface area contributed by atoms with Gasteiger partial charge >= 0.3 is 0 Å². The molecule has 0 amide bonds. The lowest BCUT2D eigenvalue weighted by Crippen LogP contribution is -1.43. The Morgan fingerprint density at radius 3 is 0.688 bits per heavy atom. The van der Waals surface area contributed by atoms with E-state index in [9.17, 15) is 0 Å². The first kappa shape index (κ1) is 15.6. The molecule has 0 aromatic heterocycles. The summed E-state index contributed by atoms with van der Waals surface area (Å²) in [6.45, 7) is 15.5. The molecule has 0 aromatic carbocycles. The highest BCUT2D eigenvalue weighted by Crippen LogP contribution is 1.85. The van der Waals surface area contributed by atoms with Crippen LogP contribution in [0.15, 0.2) is 12.2 Å². The van der Waals surface area contributed by atoms with Crippen LogP contribution < -0.4 is 0 Å². The molecular formula is C12H24O4.